The molecule has 0 unspecified atom stereocenters. The van der Waals surface area contributed by atoms with Crippen LogP contribution < -0.4 is 10.5 Å². The van der Waals surface area contributed by atoms with Gasteiger partial charge in [0.25, 0.3) is 5.56 Å². The van der Waals surface area contributed by atoms with Crippen molar-refractivity contribution in [2.24, 2.45) is 0 Å². The number of aryl methyl sites for hydroxylation is 2. The molecule has 6 nitrogen and oxygen atoms in total. The molecule has 0 fully saturated rings. The summed E-state index contributed by atoms with van der Waals surface area (Å²) in [4.78, 5) is 20.7. The molecule has 0 saturated heterocycles. The fraction of sp³-hybridized carbons (Fsp3) is 0.267. The Morgan fingerprint density at radius 2 is 1.95 bits per heavy atom. The highest BCUT2D eigenvalue weighted by Crippen LogP contribution is 2.21. The van der Waals surface area contributed by atoms with Crippen molar-refractivity contribution >= 4 is 16.9 Å². The lowest BCUT2D eigenvalue weighted by Crippen LogP contribution is -2.19. The molecule has 22 heavy (non-hydrogen) atoms. The normalized spacial score (nSPS) is 11.1. The maximum Gasteiger partial charge on any atom is 0.260 e. The fourth-order valence-electron chi connectivity index (χ4n) is 2.38. The Labute approximate surface area is 126 Å². The van der Waals surface area contributed by atoms with Crippen LogP contribution in [0.15, 0.2) is 23.0 Å². The maximum atomic E-state index is 14.4. The third-order valence-electron chi connectivity index (χ3n) is 3.42. The molecule has 7 heteroatoms. The molecule has 3 aromatic rings. The van der Waals surface area contributed by atoms with E-state index in [1.807, 2.05) is 19.9 Å². The largest absolute Gasteiger partial charge is 0.348 e. The molecule has 1 N–H and O–H groups in total. The second kappa shape index (κ2) is 4.94. The molecule has 0 aliphatic carbocycles. The number of benzene rings is 1. The van der Waals surface area contributed by atoms with E-state index in [1.54, 1.807) is 25.1 Å². The van der Waals surface area contributed by atoms with Crippen molar-refractivity contribution in [3.05, 3.63) is 45.8 Å². The molecule has 2 aromatic heterocycles. The Balaban J connectivity index is 2.31. The number of hydrogen-bond donors (Lipinski definition) is 1. The minimum absolute atomic E-state index is 0.216. The van der Waals surface area contributed by atoms with Crippen LogP contribution in [0.2, 0.25) is 0 Å². The highest BCUT2D eigenvalue weighted by Gasteiger charge is 2.14. The molecule has 0 saturated carbocycles. The number of H-pyrrole nitrogens is 1. The lowest BCUT2D eigenvalue weighted by Gasteiger charge is -2.12. The van der Waals surface area contributed by atoms with Gasteiger partial charge < -0.3 is 4.90 Å². The summed E-state index contributed by atoms with van der Waals surface area (Å²) in [5.74, 6) is -0.0907. The molecule has 3 rings (SSSR count). The van der Waals surface area contributed by atoms with Crippen molar-refractivity contribution in [1.29, 1.82) is 0 Å². The van der Waals surface area contributed by atoms with Gasteiger partial charge in [-0.2, -0.15) is 5.10 Å². The zero-order valence-corrected chi connectivity index (χ0v) is 12.8. The van der Waals surface area contributed by atoms with Gasteiger partial charge in [0, 0.05) is 19.8 Å². The monoisotopic (exact) mass is 301 g/mol. The topological polar surface area (TPSA) is 66.8 Å². The number of rotatable bonds is 2. The molecule has 1 aromatic carbocycles. The fourth-order valence-corrected chi connectivity index (χ4v) is 2.38. The van der Waals surface area contributed by atoms with Gasteiger partial charge in [0.2, 0.25) is 5.95 Å². The van der Waals surface area contributed by atoms with Gasteiger partial charge in [0.15, 0.2) is 0 Å². The number of aromatic nitrogens is 4. The Bertz CT molecular complexity index is 926. The molecule has 0 atom stereocenters. The number of nitrogens with one attached hydrogen (secondary N) is 1. The average Bonchev–Trinajstić information content (AvgIpc) is 2.77. The second-order valence-electron chi connectivity index (χ2n) is 5.44. The van der Waals surface area contributed by atoms with Crippen LogP contribution >= 0.6 is 0 Å². The first-order valence-electron chi connectivity index (χ1n) is 6.81. The Hall–Kier alpha value is -2.70. The summed E-state index contributed by atoms with van der Waals surface area (Å²) >= 11 is 0. The summed E-state index contributed by atoms with van der Waals surface area (Å²) < 4.78 is 15.9. The predicted octanol–water partition coefficient (Wildman–Crippen LogP) is 1.93. The Kier molecular flexibility index (Phi) is 3.20. The van der Waals surface area contributed by atoms with Crippen molar-refractivity contribution in [2.45, 2.75) is 13.8 Å². The SMILES string of the molecule is Cc1cc(C)n(-c2cc3nc(N(C)C)[nH]c(=O)c3cc2F)n1. The Morgan fingerprint density at radius 1 is 1.23 bits per heavy atom. The van der Waals surface area contributed by atoms with E-state index in [-0.39, 0.29) is 16.6 Å². The minimum atomic E-state index is -0.511. The lowest BCUT2D eigenvalue weighted by molar-refractivity contribution is 0.609. The van der Waals surface area contributed by atoms with E-state index in [2.05, 4.69) is 15.1 Å². The number of anilines is 1. The van der Waals surface area contributed by atoms with Gasteiger partial charge >= 0.3 is 0 Å². The molecule has 0 aliphatic rings. The zero-order chi connectivity index (χ0) is 16.0. The second-order valence-corrected chi connectivity index (χ2v) is 5.44. The maximum absolute atomic E-state index is 14.4. The summed E-state index contributed by atoms with van der Waals surface area (Å²) in [5.41, 5.74) is 1.95. The van der Waals surface area contributed by atoms with E-state index in [9.17, 15) is 9.18 Å². The first-order valence-corrected chi connectivity index (χ1v) is 6.81. The molecule has 0 spiro atoms. The van der Waals surface area contributed by atoms with Gasteiger partial charge in [-0.05, 0) is 32.0 Å². The predicted molar refractivity (Wildman–Crippen MR) is 83.2 cm³/mol. The number of aromatic amines is 1. The van der Waals surface area contributed by atoms with Crippen molar-refractivity contribution in [1.82, 2.24) is 19.7 Å². The van der Waals surface area contributed by atoms with E-state index in [0.29, 0.717) is 11.5 Å². The molecular formula is C15H16FN5O. The van der Waals surface area contributed by atoms with Crippen molar-refractivity contribution in [3.63, 3.8) is 0 Å². The zero-order valence-electron chi connectivity index (χ0n) is 12.8. The summed E-state index contributed by atoms with van der Waals surface area (Å²) in [6.45, 7) is 3.69. The first kappa shape index (κ1) is 14.2. The van der Waals surface area contributed by atoms with Gasteiger partial charge in [-0.3, -0.25) is 9.78 Å². The van der Waals surface area contributed by atoms with Gasteiger partial charge in [-0.1, -0.05) is 0 Å². The van der Waals surface area contributed by atoms with E-state index in [4.69, 9.17) is 0 Å². The standard InChI is InChI=1S/C15H16FN5O/c1-8-5-9(2)21(19-8)13-7-12-10(6-11(13)16)14(22)18-15(17-12)20(3)4/h5-7H,1-4H3,(H,17,18,22). The molecular weight excluding hydrogens is 285 g/mol. The number of halogens is 1. The van der Waals surface area contributed by atoms with Gasteiger partial charge in [-0.25, -0.2) is 14.1 Å². The number of fused-ring (bicyclic) bond motifs is 1. The minimum Gasteiger partial charge on any atom is -0.348 e. The summed E-state index contributed by atoms with van der Waals surface area (Å²) in [5, 5.41) is 4.50. The highest BCUT2D eigenvalue weighted by molar-refractivity contribution is 5.81. The van der Waals surface area contributed by atoms with Gasteiger partial charge in [0.05, 0.1) is 16.6 Å². The van der Waals surface area contributed by atoms with E-state index >= 15 is 0 Å². The smallest absolute Gasteiger partial charge is 0.260 e. The van der Waals surface area contributed by atoms with Crippen molar-refractivity contribution in [3.8, 4) is 5.69 Å². The van der Waals surface area contributed by atoms with Crippen LogP contribution in [0.4, 0.5) is 10.3 Å². The first-order chi connectivity index (χ1) is 10.4. The average molecular weight is 301 g/mol. The van der Waals surface area contributed by atoms with Crippen molar-refractivity contribution < 1.29 is 4.39 Å². The summed E-state index contributed by atoms with van der Waals surface area (Å²) in [6, 6.07) is 4.61. The summed E-state index contributed by atoms with van der Waals surface area (Å²) in [7, 11) is 3.55. The molecule has 2 heterocycles. The Morgan fingerprint density at radius 3 is 2.55 bits per heavy atom. The van der Waals surface area contributed by atoms with Crippen LogP contribution in [0.25, 0.3) is 16.6 Å². The van der Waals surface area contributed by atoms with Crippen LogP contribution in [0.5, 0.6) is 0 Å². The highest BCUT2D eigenvalue weighted by atomic mass is 19.1. The van der Waals surface area contributed by atoms with Gasteiger partial charge in [-0.15, -0.1) is 0 Å². The lowest BCUT2D eigenvalue weighted by atomic mass is 10.2. The van der Waals surface area contributed by atoms with Crippen LogP contribution in [0.3, 0.4) is 0 Å². The molecule has 0 aliphatic heterocycles. The van der Waals surface area contributed by atoms with Crippen LogP contribution in [-0.2, 0) is 0 Å². The van der Waals surface area contributed by atoms with E-state index in [1.165, 1.54) is 10.7 Å². The quantitative estimate of drug-likeness (QED) is 0.785. The third-order valence-corrected chi connectivity index (χ3v) is 3.42. The van der Waals surface area contributed by atoms with Crippen LogP contribution in [0, 0.1) is 19.7 Å². The number of hydrogen-bond acceptors (Lipinski definition) is 4. The molecule has 0 radical (unpaired) electrons. The molecule has 0 amide bonds. The molecule has 114 valence electrons. The summed E-state index contributed by atoms with van der Waals surface area (Å²) in [6.07, 6.45) is 0. The number of nitrogens with zero attached hydrogens (tertiary/aromatic N) is 4. The van der Waals surface area contributed by atoms with Crippen molar-refractivity contribution in [2.75, 3.05) is 19.0 Å². The van der Waals surface area contributed by atoms with E-state index < -0.39 is 5.82 Å². The van der Waals surface area contributed by atoms with Gasteiger partial charge in [0.1, 0.15) is 11.5 Å². The van der Waals surface area contributed by atoms with E-state index in [0.717, 1.165) is 11.4 Å². The molecule has 0 bridgehead atoms. The van der Waals surface area contributed by atoms with Crippen LogP contribution in [-0.4, -0.2) is 33.8 Å². The third kappa shape index (κ3) is 2.24. The van der Waals surface area contributed by atoms with Crippen LogP contribution in [0.1, 0.15) is 11.4 Å².